The van der Waals surface area contributed by atoms with Crippen molar-refractivity contribution >= 4 is 44.8 Å². The Balaban J connectivity index is 1.86. The molecule has 0 fully saturated rings. The molecule has 1 aliphatic rings. The predicted octanol–water partition coefficient (Wildman–Crippen LogP) is 4.33. The number of nitrogens with one attached hydrogen (secondary N) is 1. The van der Waals surface area contributed by atoms with Gasteiger partial charge in [0.25, 0.3) is 11.8 Å². The van der Waals surface area contributed by atoms with Gasteiger partial charge in [-0.05, 0) is 26.0 Å². The molecule has 2 unspecified atom stereocenters. The highest BCUT2D eigenvalue weighted by Crippen LogP contribution is 2.40. The number of hydrogen-bond donors (Lipinski definition) is 1. The number of benzene rings is 2. The number of amides is 2. The highest BCUT2D eigenvalue weighted by Gasteiger charge is 2.35. The fraction of sp³-hybridized carbons (Fsp3) is 0.154. The third kappa shape index (κ3) is 2.95. The second kappa shape index (κ2) is 7.51. The number of nitrogens with zero attached hydrogens (tertiary/aromatic N) is 4. The number of nitriles is 2. The van der Waals surface area contributed by atoms with E-state index >= 15 is 0 Å². The molecule has 1 aliphatic heterocycles. The number of imide groups is 1. The van der Waals surface area contributed by atoms with E-state index in [1.165, 1.54) is 0 Å². The Bertz CT molecular complexity index is 1470. The molecule has 1 N–H and O–H groups in total. The number of hydrogen-bond acceptors (Lipinski definition) is 4. The first-order valence-electron chi connectivity index (χ1n) is 10.5. The van der Waals surface area contributed by atoms with E-state index in [4.69, 9.17) is 0 Å². The van der Waals surface area contributed by atoms with Crippen LogP contribution in [-0.2, 0) is 9.59 Å². The van der Waals surface area contributed by atoms with Crippen molar-refractivity contribution in [3.05, 3.63) is 72.1 Å². The molecule has 33 heavy (non-hydrogen) atoms. The van der Waals surface area contributed by atoms with Gasteiger partial charge in [0.05, 0.1) is 23.3 Å². The average Bonchev–Trinajstić information content (AvgIpc) is 3.48. The molecule has 160 valence electrons. The average molecular weight is 433 g/mol. The Kier molecular flexibility index (Phi) is 4.62. The lowest BCUT2D eigenvalue weighted by molar-refractivity contribution is -0.122. The molecule has 0 aliphatic carbocycles. The summed E-state index contributed by atoms with van der Waals surface area (Å²) in [5, 5.41) is 23.0. The van der Waals surface area contributed by atoms with Crippen LogP contribution in [0.1, 0.15) is 37.1 Å². The summed E-state index contributed by atoms with van der Waals surface area (Å²) in [6.07, 6.45) is 3.53. The maximum absolute atomic E-state index is 13.1. The molecule has 7 nitrogen and oxygen atoms in total. The van der Waals surface area contributed by atoms with Crippen molar-refractivity contribution in [2.24, 2.45) is 0 Å². The van der Waals surface area contributed by atoms with Crippen molar-refractivity contribution in [3.8, 4) is 12.1 Å². The van der Waals surface area contributed by atoms with Crippen LogP contribution in [0.4, 0.5) is 0 Å². The summed E-state index contributed by atoms with van der Waals surface area (Å²) in [5.41, 5.74) is 3.34. The van der Waals surface area contributed by atoms with Gasteiger partial charge < -0.3 is 9.13 Å². The summed E-state index contributed by atoms with van der Waals surface area (Å²) in [5.74, 6) is -0.958. The van der Waals surface area contributed by atoms with Crippen LogP contribution < -0.4 is 5.32 Å². The maximum Gasteiger partial charge on any atom is 0.259 e. The molecule has 5 rings (SSSR count). The Morgan fingerprint density at radius 2 is 1.12 bits per heavy atom. The Labute approximate surface area is 189 Å². The van der Waals surface area contributed by atoms with Gasteiger partial charge in [0.1, 0.15) is 12.1 Å². The van der Waals surface area contributed by atoms with Crippen molar-refractivity contribution in [2.45, 2.75) is 25.9 Å². The van der Waals surface area contributed by atoms with E-state index in [0.717, 1.165) is 21.8 Å². The second-order valence-corrected chi connectivity index (χ2v) is 8.08. The molecule has 4 aromatic rings. The summed E-state index contributed by atoms with van der Waals surface area (Å²) in [6.45, 7) is 3.56. The lowest BCUT2D eigenvalue weighted by Crippen LogP contribution is -2.22. The molecule has 0 saturated carbocycles. The van der Waals surface area contributed by atoms with Gasteiger partial charge in [-0.3, -0.25) is 14.9 Å². The van der Waals surface area contributed by atoms with Crippen molar-refractivity contribution in [1.82, 2.24) is 14.5 Å². The molecule has 3 heterocycles. The Hall–Kier alpha value is -4.62. The van der Waals surface area contributed by atoms with Crippen LogP contribution in [0.2, 0.25) is 0 Å². The van der Waals surface area contributed by atoms with Gasteiger partial charge in [0.2, 0.25) is 0 Å². The largest absolute Gasteiger partial charge is 0.331 e. The quantitative estimate of drug-likeness (QED) is 0.484. The summed E-state index contributed by atoms with van der Waals surface area (Å²) >= 11 is 0. The molecule has 0 radical (unpaired) electrons. The standard InChI is InChI=1S/C26H19N5O2/c1-15(11-27)30-13-19(17-7-3-5-9-21(17)30)23-24(26(33)29-25(23)32)20-14-31(16(2)12-28)22-10-6-4-8-18(20)22/h3-10,13-16H,1-2H3,(H,29,32,33). The minimum Gasteiger partial charge on any atom is -0.331 e. The van der Waals surface area contributed by atoms with Crippen molar-refractivity contribution < 1.29 is 9.59 Å². The number of rotatable bonds is 4. The number of fused-ring (bicyclic) bond motifs is 2. The fourth-order valence-electron chi connectivity index (χ4n) is 4.54. The molecule has 0 saturated heterocycles. The molecule has 0 bridgehead atoms. The van der Waals surface area contributed by atoms with Crippen LogP contribution in [0.15, 0.2) is 60.9 Å². The molecule has 2 aromatic carbocycles. The van der Waals surface area contributed by atoms with Gasteiger partial charge in [-0.25, -0.2) is 0 Å². The summed E-state index contributed by atoms with van der Waals surface area (Å²) < 4.78 is 3.62. The van der Waals surface area contributed by atoms with Crippen molar-refractivity contribution in [1.29, 1.82) is 10.5 Å². The van der Waals surface area contributed by atoms with E-state index < -0.39 is 23.9 Å². The van der Waals surface area contributed by atoms with E-state index in [-0.39, 0.29) is 11.1 Å². The highest BCUT2D eigenvalue weighted by atomic mass is 16.2. The monoisotopic (exact) mass is 433 g/mol. The Morgan fingerprint density at radius 3 is 1.52 bits per heavy atom. The molecule has 2 aromatic heterocycles. The zero-order valence-corrected chi connectivity index (χ0v) is 18.0. The van der Waals surface area contributed by atoms with E-state index in [1.54, 1.807) is 26.2 Å². The minimum atomic E-state index is -0.479. The Morgan fingerprint density at radius 1 is 0.727 bits per heavy atom. The van der Waals surface area contributed by atoms with Crippen LogP contribution in [-0.4, -0.2) is 20.9 Å². The van der Waals surface area contributed by atoms with Crippen LogP contribution in [0.3, 0.4) is 0 Å². The minimum absolute atomic E-state index is 0.271. The first kappa shape index (κ1) is 20.3. The third-order valence-electron chi connectivity index (χ3n) is 6.16. The first-order valence-corrected chi connectivity index (χ1v) is 10.5. The van der Waals surface area contributed by atoms with Crippen LogP contribution in [0.25, 0.3) is 33.0 Å². The lowest BCUT2D eigenvalue weighted by Gasteiger charge is -2.06. The van der Waals surface area contributed by atoms with E-state index in [1.807, 2.05) is 57.7 Å². The normalized spacial score (nSPS) is 15.5. The van der Waals surface area contributed by atoms with Crippen molar-refractivity contribution in [2.75, 3.05) is 0 Å². The van der Waals surface area contributed by atoms with Gasteiger partial charge >= 0.3 is 0 Å². The maximum atomic E-state index is 13.1. The topological polar surface area (TPSA) is 104 Å². The van der Waals surface area contributed by atoms with Crippen LogP contribution >= 0.6 is 0 Å². The molecule has 2 atom stereocenters. The number of para-hydroxylation sites is 2. The number of carbonyl (C=O) groups excluding carboxylic acids is 2. The summed E-state index contributed by atoms with van der Waals surface area (Å²) in [4.78, 5) is 26.1. The summed E-state index contributed by atoms with van der Waals surface area (Å²) in [7, 11) is 0. The number of aromatic nitrogens is 2. The molecule has 0 spiro atoms. The van der Waals surface area contributed by atoms with Gasteiger partial charge in [-0.2, -0.15) is 10.5 Å². The molecule has 7 heteroatoms. The van der Waals surface area contributed by atoms with E-state index in [0.29, 0.717) is 11.1 Å². The smallest absolute Gasteiger partial charge is 0.259 e. The molecule has 2 amide bonds. The lowest BCUT2D eigenvalue weighted by atomic mass is 9.95. The van der Waals surface area contributed by atoms with Crippen LogP contribution in [0, 0.1) is 22.7 Å². The van der Waals surface area contributed by atoms with Gasteiger partial charge in [0.15, 0.2) is 0 Å². The molecular formula is C26H19N5O2. The number of carbonyl (C=O) groups is 2. The predicted molar refractivity (Wildman–Crippen MR) is 124 cm³/mol. The third-order valence-corrected chi connectivity index (χ3v) is 6.16. The first-order chi connectivity index (χ1) is 16.0. The van der Waals surface area contributed by atoms with Gasteiger partial charge in [-0.1, -0.05) is 36.4 Å². The molecular weight excluding hydrogens is 414 g/mol. The van der Waals surface area contributed by atoms with Crippen LogP contribution in [0.5, 0.6) is 0 Å². The fourth-order valence-corrected chi connectivity index (χ4v) is 4.54. The highest BCUT2D eigenvalue weighted by molar-refractivity contribution is 6.50. The van der Waals surface area contributed by atoms with E-state index in [9.17, 15) is 20.1 Å². The van der Waals surface area contributed by atoms with Crippen molar-refractivity contribution in [3.63, 3.8) is 0 Å². The van der Waals surface area contributed by atoms with E-state index in [2.05, 4.69) is 17.5 Å². The van der Waals surface area contributed by atoms with Gasteiger partial charge in [-0.15, -0.1) is 0 Å². The summed E-state index contributed by atoms with van der Waals surface area (Å²) in [6, 6.07) is 18.6. The SMILES string of the molecule is CC(C#N)n1cc(C2=C(c3cn(C(C)C#N)c4ccccc34)C(=O)NC2=O)c2ccccc21. The second-order valence-electron chi connectivity index (χ2n) is 8.08. The van der Waals surface area contributed by atoms with Gasteiger partial charge in [0, 0.05) is 45.3 Å². The zero-order chi connectivity index (χ0) is 23.3. The zero-order valence-electron chi connectivity index (χ0n) is 18.0.